The Bertz CT molecular complexity index is 988. The van der Waals surface area contributed by atoms with Crippen LogP contribution in [0.3, 0.4) is 0 Å². The molecule has 23 heavy (non-hydrogen) atoms. The lowest BCUT2D eigenvalue weighted by Crippen LogP contribution is -2.26. The van der Waals surface area contributed by atoms with Crippen molar-refractivity contribution in [2.75, 3.05) is 0 Å². The number of H-pyrrole nitrogens is 1. The average molecular weight is 332 g/mol. The van der Waals surface area contributed by atoms with Gasteiger partial charge < -0.3 is 14.5 Å². The zero-order chi connectivity index (χ0) is 16.2. The number of aromatic nitrogens is 1. The number of hydrogen-bond donors (Lipinski definition) is 1. The Morgan fingerprint density at radius 3 is 2.78 bits per heavy atom. The lowest BCUT2D eigenvalue weighted by molar-refractivity contribution is -0.286. The van der Waals surface area contributed by atoms with E-state index in [4.69, 9.17) is 18.0 Å². The Hall–Kier alpha value is -2.71. The van der Waals surface area contributed by atoms with Gasteiger partial charge in [0.15, 0.2) is 11.5 Å². The second-order valence-electron chi connectivity index (χ2n) is 5.02. The van der Waals surface area contributed by atoms with Crippen molar-refractivity contribution in [3.8, 4) is 35.0 Å². The van der Waals surface area contributed by atoms with Gasteiger partial charge in [-0.3, -0.25) is 0 Å². The fourth-order valence-electron chi connectivity index (χ4n) is 2.68. The van der Waals surface area contributed by atoms with E-state index in [1.807, 2.05) is 0 Å². The van der Waals surface area contributed by atoms with Gasteiger partial charge in [0, 0.05) is 27.6 Å². The van der Waals surface area contributed by atoms with Crippen LogP contribution >= 0.6 is 11.6 Å². The third-order valence-electron chi connectivity index (χ3n) is 3.62. The van der Waals surface area contributed by atoms with Crippen molar-refractivity contribution in [1.82, 2.24) is 4.98 Å². The van der Waals surface area contributed by atoms with Gasteiger partial charge in [-0.2, -0.15) is 0 Å². The summed E-state index contributed by atoms with van der Waals surface area (Å²) in [6.07, 6.45) is 1.73. The minimum absolute atomic E-state index is 0.0361. The van der Waals surface area contributed by atoms with E-state index in [1.165, 1.54) is 6.07 Å². The molecular formula is C17H8ClF2NO2. The average Bonchev–Trinajstić information content (AvgIpc) is 3.00. The summed E-state index contributed by atoms with van der Waals surface area (Å²) in [4.78, 5) is 3.00. The monoisotopic (exact) mass is 331 g/mol. The van der Waals surface area contributed by atoms with Crippen molar-refractivity contribution in [3.05, 3.63) is 47.1 Å². The minimum atomic E-state index is -3.69. The van der Waals surface area contributed by atoms with Crippen LogP contribution in [0.4, 0.5) is 8.78 Å². The van der Waals surface area contributed by atoms with E-state index in [1.54, 1.807) is 30.3 Å². The second kappa shape index (κ2) is 4.64. The SMILES string of the molecule is C#Cc1ccc2[nH]c(Cl)c(-c3cccc4c3OC(F)(F)O4)c2c1. The molecule has 0 saturated heterocycles. The fraction of sp³-hybridized carbons (Fsp3) is 0.0588. The highest BCUT2D eigenvalue weighted by Gasteiger charge is 2.44. The molecule has 2 aromatic carbocycles. The minimum Gasteiger partial charge on any atom is -0.395 e. The Morgan fingerprint density at radius 1 is 1.17 bits per heavy atom. The van der Waals surface area contributed by atoms with Crippen LogP contribution < -0.4 is 9.47 Å². The van der Waals surface area contributed by atoms with E-state index < -0.39 is 6.29 Å². The Kier molecular flexibility index (Phi) is 2.81. The van der Waals surface area contributed by atoms with Gasteiger partial charge in [-0.05, 0) is 24.3 Å². The van der Waals surface area contributed by atoms with Crippen molar-refractivity contribution in [2.45, 2.75) is 6.29 Å². The normalized spacial score (nSPS) is 14.9. The number of benzene rings is 2. The summed E-state index contributed by atoms with van der Waals surface area (Å²) >= 11 is 6.28. The Labute approximate surface area is 134 Å². The summed E-state index contributed by atoms with van der Waals surface area (Å²) in [5.41, 5.74) is 2.35. The third-order valence-corrected chi connectivity index (χ3v) is 3.90. The van der Waals surface area contributed by atoms with E-state index in [-0.39, 0.29) is 11.5 Å². The molecular weight excluding hydrogens is 324 g/mol. The quantitative estimate of drug-likeness (QED) is 0.650. The van der Waals surface area contributed by atoms with Crippen LogP contribution in [0, 0.1) is 12.3 Å². The van der Waals surface area contributed by atoms with Crippen molar-refractivity contribution in [3.63, 3.8) is 0 Å². The lowest BCUT2D eigenvalue weighted by Gasteiger charge is -2.07. The molecule has 0 fully saturated rings. The predicted octanol–water partition coefficient (Wildman–Crippen LogP) is 4.79. The summed E-state index contributed by atoms with van der Waals surface area (Å²) < 4.78 is 35.9. The molecule has 3 nitrogen and oxygen atoms in total. The fourth-order valence-corrected chi connectivity index (χ4v) is 2.98. The van der Waals surface area contributed by atoms with Gasteiger partial charge in [-0.25, -0.2) is 0 Å². The molecule has 0 spiro atoms. The van der Waals surface area contributed by atoms with Gasteiger partial charge in [0.05, 0.1) is 0 Å². The number of alkyl halides is 2. The number of ether oxygens (including phenoxy) is 2. The highest BCUT2D eigenvalue weighted by molar-refractivity contribution is 6.34. The summed E-state index contributed by atoms with van der Waals surface area (Å²) in [6, 6.07) is 9.96. The number of aromatic amines is 1. The van der Waals surface area contributed by atoms with Crippen LogP contribution in [0.1, 0.15) is 5.56 Å². The molecule has 1 aliphatic rings. The highest BCUT2D eigenvalue weighted by atomic mass is 35.5. The van der Waals surface area contributed by atoms with E-state index in [0.717, 1.165) is 10.9 Å². The number of halogens is 3. The number of rotatable bonds is 1. The molecule has 0 unspecified atom stereocenters. The van der Waals surface area contributed by atoms with Crippen LogP contribution in [0.5, 0.6) is 11.5 Å². The molecule has 0 aliphatic carbocycles. The molecule has 0 radical (unpaired) electrons. The molecule has 0 saturated carbocycles. The van der Waals surface area contributed by atoms with Crippen molar-refractivity contribution >= 4 is 22.5 Å². The van der Waals surface area contributed by atoms with Gasteiger partial charge in [-0.1, -0.05) is 29.7 Å². The molecule has 2 heterocycles. The summed E-state index contributed by atoms with van der Waals surface area (Å²) in [5, 5.41) is 1.03. The molecule has 0 bridgehead atoms. The van der Waals surface area contributed by atoms with Gasteiger partial charge in [-0.15, -0.1) is 15.2 Å². The predicted molar refractivity (Wildman–Crippen MR) is 82.9 cm³/mol. The molecule has 6 heteroatoms. The van der Waals surface area contributed by atoms with Crippen molar-refractivity contribution in [1.29, 1.82) is 0 Å². The van der Waals surface area contributed by atoms with E-state index in [0.29, 0.717) is 21.8 Å². The standard InChI is InChI=1S/C17H8ClF2NO2/c1-2-9-6-7-12-11(8-9)14(16(18)21-12)10-4-3-5-13-15(10)23-17(19,20)22-13/h1,3-8,21H. The zero-order valence-corrected chi connectivity index (χ0v) is 12.2. The maximum absolute atomic E-state index is 13.4. The Morgan fingerprint density at radius 2 is 2.00 bits per heavy atom. The third kappa shape index (κ3) is 2.11. The molecule has 3 aromatic rings. The number of fused-ring (bicyclic) bond motifs is 2. The van der Waals surface area contributed by atoms with E-state index in [9.17, 15) is 8.78 Å². The topological polar surface area (TPSA) is 34.2 Å². The van der Waals surface area contributed by atoms with Gasteiger partial charge in [0.2, 0.25) is 0 Å². The highest BCUT2D eigenvalue weighted by Crippen LogP contribution is 2.49. The van der Waals surface area contributed by atoms with Gasteiger partial charge in [0.1, 0.15) is 5.15 Å². The summed E-state index contributed by atoms with van der Waals surface area (Å²) in [5.74, 6) is 2.45. The summed E-state index contributed by atoms with van der Waals surface area (Å²) in [6.45, 7) is 0. The molecule has 1 aliphatic heterocycles. The lowest BCUT2D eigenvalue weighted by atomic mass is 10.0. The van der Waals surface area contributed by atoms with Gasteiger partial charge in [0.25, 0.3) is 0 Å². The first-order valence-electron chi connectivity index (χ1n) is 6.65. The van der Waals surface area contributed by atoms with E-state index >= 15 is 0 Å². The number of terminal acetylenes is 1. The molecule has 4 rings (SSSR count). The van der Waals surface area contributed by atoms with Crippen LogP contribution in [-0.4, -0.2) is 11.3 Å². The smallest absolute Gasteiger partial charge is 0.395 e. The van der Waals surface area contributed by atoms with Crippen LogP contribution in [-0.2, 0) is 0 Å². The Balaban J connectivity index is 2.00. The van der Waals surface area contributed by atoms with Crippen molar-refractivity contribution < 1.29 is 18.3 Å². The molecule has 114 valence electrons. The molecule has 1 aromatic heterocycles. The first-order chi connectivity index (χ1) is 11.0. The van der Waals surface area contributed by atoms with Crippen molar-refractivity contribution in [2.24, 2.45) is 0 Å². The van der Waals surface area contributed by atoms with Crippen LogP contribution in [0.25, 0.3) is 22.0 Å². The number of para-hydroxylation sites is 1. The maximum atomic E-state index is 13.4. The van der Waals surface area contributed by atoms with Crippen LogP contribution in [0.15, 0.2) is 36.4 Å². The van der Waals surface area contributed by atoms with Crippen LogP contribution in [0.2, 0.25) is 5.15 Å². The zero-order valence-electron chi connectivity index (χ0n) is 11.5. The van der Waals surface area contributed by atoms with Gasteiger partial charge >= 0.3 is 6.29 Å². The number of nitrogens with one attached hydrogen (secondary N) is 1. The molecule has 0 atom stereocenters. The largest absolute Gasteiger partial charge is 0.586 e. The first-order valence-corrected chi connectivity index (χ1v) is 7.03. The first kappa shape index (κ1) is 13.9. The summed E-state index contributed by atoms with van der Waals surface area (Å²) in [7, 11) is 0. The molecule has 0 amide bonds. The second-order valence-corrected chi connectivity index (χ2v) is 5.40. The molecule has 1 N–H and O–H groups in total. The number of hydrogen-bond acceptors (Lipinski definition) is 2. The van der Waals surface area contributed by atoms with E-state index in [2.05, 4.69) is 20.4 Å². The maximum Gasteiger partial charge on any atom is 0.586 e.